The number of nitrogens with zero attached hydrogens (tertiary/aromatic N) is 2. The van der Waals surface area contributed by atoms with Crippen LogP contribution in [0.1, 0.15) is 198 Å². The van der Waals surface area contributed by atoms with Gasteiger partial charge in [0.2, 0.25) is 0 Å². The van der Waals surface area contributed by atoms with Gasteiger partial charge < -0.3 is 0 Å². The molecule has 6 nitrogen and oxygen atoms in total. The third kappa shape index (κ3) is 8.47. The Labute approximate surface area is 340 Å². The summed E-state index contributed by atoms with van der Waals surface area (Å²) in [7, 11) is 0. The van der Waals surface area contributed by atoms with Crippen LogP contribution in [0.2, 0.25) is 0 Å². The first-order valence-corrected chi connectivity index (χ1v) is 22.5. The van der Waals surface area contributed by atoms with Crippen molar-refractivity contribution in [1.29, 1.82) is 0 Å². The van der Waals surface area contributed by atoms with E-state index in [1.54, 1.807) is 0 Å². The van der Waals surface area contributed by atoms with E-state index in [1.165, 1.54) is 93.3 Å². The van der Waals surface area contributed by atoms with Gasteiger partial charge in [-0.1, -0.05) is 161 Å². The first kappa shape index (κ1) is 40.9. The number of hydrogen-bond acceptors (Lipinski definition) is 4. The zero-order chi connectivity index (χ0) is 40.1. The molecule has 0 saturated carbocycles. The van der Waals surface area contributed by atoms with Crippen molar-refractivity contribution in [3.63, 3.8) is 0 Å². The summed E-state index contributed by atoms with van der Waals surface area (Å²) in [6.07, 6.45) is 24.2. The predicted molar refractivity (Wildman–Crippen MR) is 236 cm³/mol. The summed E-state index contributed by atoms with van der Waals surface area (Å²) in [5.74, 6) is -0.897. The molecule has 2 aliphatic rings. The number of unbranched alkanes of at least 4 members (excludes halogenated alkanes) is 17. The van der Waals surface area contributed by atoms with Crippen LogP contribution in [0.3, 0.4) is 0 Å². The molecular weight excluding hydrogens is 705 g/mol. The van der Waals surface area contributed by atoms with Crippen molar-refractivity contribution in [1.82, 2.24) is 9.80 Å². The van der Waals surface area contributed by atoms with Gasteiger partial charge in [-0.3, -0.25) is 29.0 Å². The van der Waals surface area contributed by atoms with Gasteiger partial charge in [-0.2, -0.15) is 0 Å². The van der Waals surface area contributed by atoms with Crippen LogP contribution in [0.4, 0.5) is 0 Å². The van der Waals surface area contributed by atoms with Gasteiger partial charge in [0.05, 0.1) is 0 Å². The van der Waals surface area contributed by atoms with E-state index >= 15 is 0 Å². The van der Waals surface area contributed by atoms with Crippen molar-refractivity contribution >= 4 is 66.7 Å². The smallest absolute Gasteiger partial charge is 0.261 e. The van der Waals surface area contributed by atoms with Crippen LogP contribution < -0.4 is 0 Å². The molecule has 6 heteroatoms. The second-order valence-corrected chi connectivity index (χ2v) is 18.3. The topological polar surface area (TPSA) is 74.8 Å². The second-order valence-electron chi connectivity index (χ2n) is 18.3. The lowest BCUT2D eigenvalue weighted by Gasteiger charge is -2.30. The molecule has 7 rings (SSSR count). The van der Waals surface area contributed by atoms with E-state index < -0.39 is 0 Å². The summed E-state index contributed by atoms with van der Waals surface area (Å²) in [5.41, 5.74) is 2.58. The highest BCUT2D eigenvalue weighted by atomic mass is 16.2. The molecule has 0 unspecified atom stereocenters. The van der Waals surface area contributed by atoms with Crippen LogP contribution in [0.25, 0.3) is 43.1 Å². The lowest BCUT2D eigenvalue weighted by Crippen LogP contribution is -2.41. The first-order chi connectivity index (χ1) is 27.6. The Morgan fingerprint density at radius 3 is 0.947 bits per heavy atom. The average Bonchev–Trinajstić information content (AvgIpc) is 3.19. The molecule has 0 saturated heterocycles. The van der Waals surface area contributed by atoms with Crippen molar-refractivity contribution in [2.45, 2.75) is 156 Å². The molecule has 0 aliphatic carbocycles. The molecule has 5 aromatic rings. The van der Waals surface area contributed by atoms with E-state index in [-0.39, 0.29) is 23.6 Å². The fourth-order valence-corrected chi connectivity index (χ4v) is 9.69. The third-order valence-corrected chi connectivity index (χ3v) is 12.8. The van der Waals surface area contributed by atoms with E-state index in [0.717, 1.165) is 77.3 Å². The summed E-state index contributed by atoms with van der Waals surface area (Å²) < 4.78 is 0. The minimum absolute atomic E-state index is 0.219. The van der Waals surface area contributed by atoms with Gasteiger partial charge in [-0.25, -0.2) is 0 Å². The SMILES string of the molecule is CCCCCCCCCCCCCCCCCN1C(=O)c2ccc3c4ccc5c6c(ccc(c7ccc(c2c37)C1=O)c64)C(=O)N(CCCCCCC(C)(C)C)C5=O. The van der Waals surface area contributed by atoms with E-state index in [1.807, 2.05) is 48.5 Å². The maximum Gasteiger partial charge on any atom is 0.261 e. The van der Waals surface area contributed by atoms with Crippen molar-refractivity contribution in [2.24, 2.45) is 5.41 Å². The number of imide groups is 2. The number of benzene rings is 5. The van der Waals surface area contributed by atoms with Crippen molar-refractivity contribution in [3.05, 3.63) is 70.8 Å². The maximum atomic E-state index is 14.0. The van der Waals surface area contributed by atoms with Crippen LogP contribution >= 0.6 is 0 Å². The highest BCUT2D eigenvalue weighted by Gasteiger charge is 2.36. The number of hydrogen-bond donors (Lipinski definition) is 0. The summed E-state index contributed by atoms with van der Waals surface area (Å²) >= 11 is 0. The quantitative estimate of drug-likeness (QED) is 0.0304. The fraction of sp³-hybridized carbons (Fsp3) is 0.529. The summed E-state index contributed by atoms with van der Waals surface area (Å²) in [4.78, 5) is 58.7. The number of fused-ring (bicyclic) bond motifs is 2. The van der Waals surface area contributed by atoms with Crippen LogP contribution in [0, 0.1) is 5.41 Å². The molecule has 0 bridgehead atoms. The van der Waals surface area contributed by atoms with Gasteiger partial charge in [-0.15, -0.1) is 0 Å². The van der Waals surface area contributed by atoms with Gasteiger partial charge >= 0.3 is 0 Å². The minimum Gasteiger partial charge on any atom is -0.274 e. The van der Waals surface area contributed by atoms with Gasteiger partial charge in [0, 0.05) is 46.1 Å². The lowest BCUT2D eigenvalue weighted by atomic mass is 9.82. The fourth-order valence-electron chi connectivity index (χ4n) is 9.69. The molecule has 2 aliphatic heterocycles. The Morgan fingerprint density at radius 2 is 0.649 bits per heavy atom. The Morgan fingerprint density at radius 1 is 0.368 bits per heavy atom. The Hall–Kier alpha value is -4.32. The summed E-state index contributed by atoms with van der Waals surface area (Å²) in [6.45, 7) is 9.90. The van der Waals surface area contributed by atoms with E-state index in [0.29, 0.717) is 51.5 Å². The maximum absolute atomic E-state index is 14.0. The normalized spacial score (nSPS) is 14.5. The molecule has 0 spiro atoms. The second kappa shape index (κ2) is 18.1. The molecular formula is C51H64N2O4. The van der Waals surface area contributed by atoms with E-state index in [2.05, 4.69) is 27.7 Å². The van der Waals surface area contributed by atoms with Gasteiger partial charge in [0.25, 0.3) is 23.6 Å². The zero-order valence-electron chi connectivity index (χ0n) is 35.2. The molecule has 4 amide bonds. The van der Waals surface area contributed by atoms with Crippen LogP contribution in [0.15, 0.2) is 48.5 Å². The molecule has 2 heterocycles. The first-order valence-electron chi connectivity index (χ1n) is 22.5. The summed E-state index contributed by atoms with van der Waals surface area (Å²) in [6, 6.07) is 15.5. The van der Waals surface area contributed by atoms with E-state index in [9.17, 15) is 19.2 Å². The minimum atomic E-state index is -0.229. The van der Waals surface area contributed by atoms with Gasteiger partial charge in [0.15, 0.2) is 0 Å². The molecule has 0 aromatic heterocycles. The largest absolute Gasteiger partial charge is 0.274 e. The van der Waals surface area contributed by atoms with Gasteiger partial charge in [0.1, 0.15) is 0 Å². The van der Waals surface area contributed by atoms with E-state index in [4.69, 9.17) is 0 Å². The van der Waals surface area contributed by atoms with Crippen molar-refractivity contribution in [3.8, 4) is 0 Å². The number of rotatable bonds is 22. The van der Waals surface area contributed by atoms with Crippen LogP contribution in [0.5, 0.6) is 0 Å². The number of amides is 4. The highest BCUT2D eigenvalue weighted by molar-refractivity contribution is 6.41. The standard InChI is InChI=1S/C51H64N2O4/c1-5-6-7-8-9-10-11-12-13-14-15-16-17-19-22-33-52-47(54)39-28-24-35-37-26-30-41-46-42(50(57)53(49(41)56)34-23-20-18-21-32-51(2,3)4)31-27-38(44(37)46)36-25-29-40(48(52)55)45(39)43(35)36/h24-31H,5-23,32-34H2,1-4H3. The van der Waals surface area contributed by atoms with Crippen LogP contribution in [-0.4, -0.2) is 46.5 Å². The summed E-state index contributed by atoms with van der Waals surface area (Å²) in [5, 5.41) is 6.93. The monoisotopic (exact) mass is 768 g/mol. The number of carbonyl (C=O) groups is 4. The molecule has 0 radical (unpaired) electrons. The Bertz CT molecular complexity index is 2140. The molecule has 57 heavy (non-hydrogen) atoms. The number of carbonyl (C=O) groups excluding carboxylic acids is 4. The Kier molecular flexibility index (Phi) is 13.0. The molecule has 0 fully saturated rings. The Balaban J connectivity index is 1.01. The molecule has 0 N–H and O–H groups in total. The predicted octanol–water partition coefficient (Wildman–Crippen LogP) is 13.8. The zero-order valence-corrected chi connectivity index (χ0v) is 35.2. The molecule has 302 valence electrons. The third-order valence-electron chi connectivity index (χ3n) is 12.8. The molecule has 0 atom stereocenters. The van der Waals surface area contributed by atoms with Crippen molar-refractivity contribution < 1.29 is 19.2 Å². The van der Waals surface area contributed by atoms with Gasteiger partial charge in [-0.05, 0) is 81.3 Å². The molecule has 5 aromatic carbocycles. The van der Waals surface area contributed by atoms with Crippen molar-refractivity contribution in [2.75, 3.05) is 13.1 Å². The average molecular weight is 769 g/mol. The van der Waals surface area contributed by atoms with Crippen LogP contribution in [-0.2, 0) is 0 Å². The highest BCUT2D eigenvalue weighted by Crippen LogP contribution is 2.46. The lowest BCUT2D eigenvalue weighted by molar-refractivity contribution is 0.0592.